The molecular weight excluding hydrogens is 302 g/mol. The third kappa shape index (κ3) is 4.10. The van der Waals surface area contributed by atoms with E-state index in [0.29, 0.717) is 0 Å². The molecule has 2 aromatic carbocycles. The van der Waals surface area contributed by atoms with Crippen molar-refractivity contribution in [1.29, 1.82) is 0 Å². The fourth-order valence-electron chi connectivity index (χ4n) is 3.30. The number of rotatable bonds is 5. The topological polar surface area (TPSA) is 20.3 Å². The van der Waals surface area contributed by atoms with Crippen molar-refractivity contribution < 1.29 is 4.21 Å². The molecule has 1 aliphatic rings. The first-order valence-corrected chi connectivity index (χ1v) is 9.96. The van der Waals surface area contributed by atoms with E-state index >= 15 is 0 Å². The Kier molecular flexibility index (Phi) is 5.29. The van der Waals surface area contributed by atoms with Gasteiger partial charge in [-0.05, 0) is 61.6 Å². The first-order chi connectivity index (χ1) is 11.1. The van der Waals surface area contributed by atoms with Gasteiger partial charge in [0.1, 0.15) is 0 Å². The molecule has 0 aliphatic carbocycles. The first-order valence-electron chi connectivity index (χ1n) is 8.40. The highest BCUT2D eigenvalue weighted by Gasteiger charge is 2.19. The average molecular weight is 327 g/mol. The zero-order valence-electron chi connectivity index (χ0n) is 14.0. The monoisotopic (exact) mass is 327 g/mol. The van der Waals surface area contributed by atoms with Crippen molar-refractivity contribution in [2.24, 2.45) is 0 Å². The van der Waals surface area contributed by atoms with Gasteiger partial charge in [-0.1, -0.05) is 36.4 Å². The van der Waals surface area contributed by atoms with Gasteiger partial charge < -0.3 is 4.90 Å². The zero-order chi connectivity index (χ0) is 16.2. The number of nitrogens with zero attached hydrogens (tertiary/aromatic N) is 1. The molecule has 0 radical (unpaired) electrons. The van der Waals surface area contributed by atoms with Crippen molar-refractivity contribution in [3.05, 3.63) is 54.1 Å². The Morgan fingerprint density at radius 3 is 2.17 bits per heavy atom. The van der Waals surface area contributed by atoms with Crippen LogP contribution < -0.4 is 0 Å². The van der Waals surface area contributed by atoms with E-state index in [9.17, 15) is 4.21 Å². The largest absolute Gasteiger partial charge is 0.300 e. The van der Waals surface area contributed by atoms with Crippen LogP contribution in [0.4, 0.5) is 0 Å². The van der Waals surface area contributed by atoms with Crippen LogP contribution >= 0.6 is 0 Å². The number of benzene rings is 2. The first kappa shape index (κ1) is 16.4. The Bertz CT molecular complexity index is 663. The Morgan fingerprint density at radius 2 is 1.65 bits per heavy atom. The number of hydrogen-bond acceptors (Lipinski definition) is 2. The molecule has 23 heavy (non-hydrogen) atoms. The van der Waals surface area contributed by atoms with Crippen LogP contribution in [0, 0.1) is 0 Å². The minimum atomic E-state index is -0.909. The molecule has 0 N–H and O–H groups in total. The van der Waals surface area contributed by atoms with Crippen molar-refractivity contribution in [3.8, 4) is 11.1 Å². The summed E-state index contributed by atoms with van der Waals surface area (Å²) in [5.74, 6) is 0. The van der Waals surface area contributed by atoms with Crippen LogP contribution in [-0.2, 0) is 17.2 Å². The second-order valence-corrected chi connectivity index (χ2v) is 7.83. The highest BCUT2D eigenvalue weighted by molar-refractivity contribution is 7.84. The molecule has 0 aromatic heterocycles. The highest BCUT2D eigenvalue weighted by Crippen LogP contribution is 2.22. The van der Waals surface area contributed by atoms with E-state index in [1.165, 1.54) is 36.1 Å². The van der Waals surface area contributed by atoms with E-state index in [2.05, 4.69) is 48.2 Å². The Morgan fingerprint density at radius 1 is 1.04 bits per heavy atom. The second kappa shape index (κ2) is 7.41. The smallest absolute Gasteiger partial charge is 0.0498 e. The molecule has 0 saturated carbocycles. The molecule has 2 atom stereocenters. The molecule has 3 heteroatoms. The maximum absolute atomic E-state index is 11.4. The quantitative estimate of drug-likeness (QED) is 0.823. The lowest BCUT2D eigenvalue weighted by Gasteiger charge is -2.20. The molecule has 122 valence electrons. The SMILES string of the molecule is C[C@@H]1CCCN1CCc1ccc(-c2ccc(S(C)=O)cc2)cc1. The summed E-state index contributed by atoms with van der Waals surface area (Å²) < 4.78 is 11.4. The summed E-state index contributed by atoms with van der Waals surface area (Å²) in [4.78, 5) is 3.47. The van der Waals surface area contributed by atoms with E-state index in [-0.39, 0.29) is 0 Å². The van der Waals surface area contributed by atoms with Crippen LogP contribution in [0.25, 0.3) is 11.1 Å². The number of likely N-dealkylation sites (tertiary alicyclic amines) is 1. The zero-order valence-corrected chi connectivity index (χ0v) is 14.8. The molecule has 0 bridgehead atoms. The second-order valence-electron chi connectivity index (χ2n) is 6.45. The van der Waals surface area contributed by atoms with Gasteiger partial charge in [-0.25, -0.2) is 0 Å². The lowest BCUT2D eigenvalue weighted by molar-refractivity contribution is 0.272. The molecule has 2 nitrogen and oxygen atoms in total. The predicted molar refractivity (Wildman–Crippen MR) is 98.2 cm³/mol. The van der Waals surface area contributed by atoms with Gasteiger partial charge in [0.2, 0.25) is 0 Å². The minimum absolute atomic E-state index is 0.747. The van der Waals surface area contributed by atoms with Gasteiger partial charge in [0, 0.05) is 34.5 Å². The molecule has 2 aromatic rings. The van der Waals surface area contributed by atoms with Crippen molar-refractivity contribution in [2.45, 2.75) is 37.1 Å². The van der Waals surface area contributed by atoms with Crippen LogP contribution in [0.2, 0.25) is 0 Å². The van der Waals surface area contributed by atoms with Crippen LogP contribution in [0.5, 0.6) is 0 Å². The van der Waals surface area contributed by atoms with Crippen molar-refractivity contribution in [1.82, 2.24) is 4.90 Å². The fourth-order valence-corrected chi connectivity index (χ4v) is 3.82. The molecule has 0 spiro atoms. The third-order valence-corrected chi connectivity index (χ3v) is 5.79. The van der Waals surface area contributed by atoms with E-state index in [1.807, 2.05) is 12.1 Å². The summed E-state index contributed by atoms with van der Waals surface area (Å²) in [6.45, 7) is 4.75. The van der Waals surface area contributed by atoms with E-state index in [4.69, 9.17) is 0 Å². The fraction of sp³-hybridized carbons (Fsp3) is 0.400. The average Bonchev–Trinajstić information content (AvgIpc) is 2.99. The molecule has 0 amide bonds. The molecule has 1 unspecified atom stereocenters. The molecule has 1 heterocycles. The molecule has 1 fully saturated rings. The molecule has 1 aliphatic heterocycles. The third-order valence-electron chi connectivity index (χ3n) is 4.85. The summed E-state index contributed by atoms with van der Waals surface area (Å²) in [5, 5.41) is 0. The van der Waals surface area contributed by atoms with E-state index < -0.39 is 10.8 Å². The van der Waals surface area contributed by atoms with Gasteiger partial charge in [-0.15, -0.1) is 0 Å². The summed E-state index contributed by atoms with van der Waals surface area (Å²) in [5.41, 5.74) is 3.80. The van der Waals surface area contributed by atoms with Crippen molar-refractivity contribution >= 4 is 10.8 Å². The van der Waals surface area contributed by atoms with Crippen molar-refractivity contribution in [3.63, 3.8) is 0 Å². The van der Waals surface area contributed by atoms with Crippen molar-refractivity contribution in [2.75, 3.05) is 19.3 Å². The molecule has 3 rings (SSSR count). The summed E-state index contributed by atoms with van der Waals surface area (Å²) in [7, 11) is -0.909. The van der Waals surface area contributed by atoms with Crippen LogP contribution in [0.3, 0.4) is 0 Å². The standard InChI is InChI=1S/C20H25NOS/c1-16-4-3-14-21(16)15-13-17-5-7-18(8-6-17)19-9-11-20(12-10-19)23(2)22/h5-12,16H,3-4,13-15H2,1-2H3/t16-,23?/m1/s1. The lowest BCUT2D eigenvalue weighted by Crippen LogP contribution is -2.28. The number of hydrogen-bond donors (Lipinski definition) is 0. The van der Waals surface area contributed by atoms with Gasteiger partial charge in [0.05, 0.1) is 0 Å². The maximum atomic E-state index is 11.4. The van der Waals surface area contributed by atoms with Crippen LogP contribution in [0.1, 0.15) is 25.3 Å². The minimum Gasteiger partial charge on any atom is -0.300 e. The molecular formula is C20H25NOS. The predicted octanol–water partition coefficient (Wildman–Crippen LogP) is 4.12. The van der Waals surface area contributed by atoms with Gasteiger partial charge in [0.25, 0.3) is 0 Å². The van der Waals surface area contributed by atoms with Gasteiger partial charge >= 0.3 is 0 Å². The summed E-state index contributed by atoms with van der Waals surface area (Å²) >= 11 is 0. The summed E-state index contributed by atoms with van der Waals surface area (Å²) in [6, 6.07) is 17.6. The van der Waals surface area contributed by atoms with Gasteiger partial charge in [-0.2, -0.15) is 0 Å². The highest BCUT2D eigenvalue weighted by atomic mass is 32.2. The van der Waals surface area contributed by atoms with Gasteiger partial charge in [0.15, 0.2) is 0 Å². The van der Waals surface area contributed by atoms with Crippen LogP contribution in [-0.4, -0.2) is 34.5 Å². The van der Waals surface area contributed by atoms with Gasteiger partial charge in [-0.3, -0.25) is 4.21 Å². The Balaban J connectivity index is 1.63. The molecule has 1 saturated heterocycles. The Labute approximate surface area is 142 Å². The van der Waals surface area contributed by atoms with E-state index in [1.54, 1.807) is 6.26 Å². The maximum Gasteiger partial charge on any atom is 0.0498 e. The van der Waals surface area contributed by atoms with Crippen LogP contribution in [0.15, 0.2) is 53.4 Å². The summed E-state index contributed by atoms with van der Waals surface area (Å²) in [6.07, 6.45) is 5.53. The normalized spacial score (nSPS) is 19.8. The lowest BCUT2D eigenvalue weighted by atomic mass is 10.0. The Hall–Kier alpha value is -1.45. The van der Waals surface area contributed by atoms with E-state index in [0.717, 1.165) is 23.9 Å².